The summed E-state index contributed by atoms with van der Waals surface area (Å²) in [5.74, 6) is -0.217. The zero-order chi connectivity index (χ0) is 54.2. The Kier molecular flexibility index (Phi) is 53.3. The Morgan fingerprint density at radius 3 is 1.26 bits per heavy atom. The number of phosphoric ester groups is 1. The summed E-state index contributed by atoms with van der Waals surface area (Å²) in [5, 5.41) is 13.9. The summed E-state index contributed by atoms with van der Waals surface area (Å²) in [6, 6.07) is -0.919. The normalized spacial score (nSPS) is 14.5. The first-order chi connectivity index (χ1) is 36.0. The van der Waals surface area contributed by atoms with Crippen LogP contribution in [-0.4, -0.2) is 68.5 Å². The average Bonchev–Trinajstić information content (AvgIpc) is 3.36. The molecule has 0 aromatic heterocycles. The van der Waals surface area contributed by atoms with E-state index in [1.807, 2.05) is 27.2 Å². The number of aliphatic hydroxyl groups is 1. The van der Waals surface area contributed by atoms with E-state index in [9.17, 15) is 19.4 Å². The topological polar surface area (TPSA) is 108 Å². The largest absolute Gasteiger partial charge is 0.756 e. The molecular formula is C65H117N2O6P. The zero-order valence-corrected chi connectivity index (χ0v) is 49.7. The number of unbranched alkanes of at least 4 members (excludes halogenated alkanes) is 28. The predicted molar refractivity (Wildman–Crippen MR) is 320 cm³/mol. The second-order valence-corrected chi connectivity index (χ2v) is 23.1. The van der Waals surface area contributed by atoms with Crippen LogP contribution >= 0.6 is 7.82 Å². The Balaban J connectivity index is 4.27. The standard InChI is InChI=1S/C65H117N2O6P/c1-6-8-10-12-14-16-18-20-22-24-26-28-30-32-33-35-37-39-41-43-45-47-49-51-53-55-57-59-65(69)66-63(62-73-74(70,71)72-61-60-67(3,4)5)64(68)58-56-54-52-50-48-46-44-42-40-38-36-34-31-29-27-25-23-21-19-17-15-13-11-9-7-2/h8,10,14,16,20,22,26,28,32-33,40,42,48,50,56,58,63-64,68H,6-7,9,11-13,15,17-19,21,23-25,27,29-31,34-39,41,43-47,49,51-55,57,59-62H2,1-5H3,(H-,66,69,70,71)/b10-8-,16-14-,22-20-,28-26-,33-32-,42-40+,50-48+,58-56+. The molecule has 2 N–H and O–H groups in total. The van der Waals surface area contributed by atoms with Crippen molar-refractivity contribution in [1.29, 1.82) is 0 Å². The van der Waals surface area contributed by atoms with E-state index in [0.717, 1.165) is 77.0 Å². The number of phosphoric acid groups is 1. The van der Waals surface area contributed by atoms with Gasteiger partial charge in [-0.25, -0.2) is 0 Å². The third-order valence-corrected chi connectivity index (χ3v) is 14.2. The van der Waals surface area contributed by atoms with Crippen molar-refractivity contribution in [3.05, 3.63) is 97.2 Å². The molecule has 9 heteroatoms. The van der Waals surface area contributed by atoms with Crippen molar-refractivity contribution in [1.82, 2.24) is 5.32 Å². The van der Waals surface area contributed by atoms with Gasteiger partial charge in [0, 0.05) is 6.42 Å². The molecule has 74 heavy (non-hydrogen) atoms. The molecule has 3 unspecified atom stereocenters. The second kappa shape index (κ2) is 55.2. The van der Waals surface area contributed by atoms with Crippen molar-refractivity contribution in [3.63, 3.8) is 0 Å². The molecule has 0 aromatic carbocycles. The summed E-state index contributed by atoms with van der Waals surface area (Å²) in [4.78, 5) is 25.5. The lowest BCUT2D eigenvalue weighted by Gasteiger charge is -2.29. The van der Waals surface area contributed by atoms with Crippen LogP contribution in [0.4, 0.5) is 0 Å². The summed E-state index contributed by atoms with van der Waals surface area (Å²) in [6.45, 7) is 4.52. The number of likely N-dealkylation sites (N-methyl/N-ethyl adjacent to an activating group) is 1. The lowest BCUT2D eigenvalue weighted by molar-refractivity contribution is -0.870. The van der Waals surface area contributed by atoms with Crippen molar-refractivity contribution in [2.45, 2.75) is 270 Å². The van der Waals surface area contributed by atoms with Crippen molar-refractivity contribution in [3.8, 4) is 0 Å². The molecule has 0 radical (unpaired) electrons. The van der Waals surface area contributed by atoms with E-state index in [4.69, 9.17) is 9.05 Å². The Hall–Kier alpha value is -2.58. The fourth-order valence-electron chi connectivity index (χ4n) is 8.51. The number of hydrogen-bond acceptors (Lipinski definition) is 6. The van der Waals surface area contributed by atoms with E-state index in [1.54, 1.807) is 6.08 Å². The minimum Gasteiger partial charge on any atom is -0.756 e. The number of aliphatic hydroxyl groups excluding tert-OH is 1. The number of rotatable bonds is 55. The van der Waals surface area contributed by atoms with Gasteiger partial charge in [-0.05, 0) is 89.9 Å². The van der Waals surface area contributed by atoms with Crippen LogP contribution in [0.3, 0.4) is 0 Å². The Bertz CT molecular complexity index is 1520. The van der Waals surface area contributed by atoms with Crippen molar-refractivity contribution in [2.24, 2.45) is 0 Å². The van der Waals surface area contributed by atoms with Gasteiger partial charge in [-0.2, -0.15) is 0 Å². The molecule has 0 saturated carbocycles. The van der Waals surface area contributed by atoms with E-state index in [2.05, 4.69) is 104 Å². The van der Waals surface area contributed by atoms with E-state index in [0.29, 0.717) is 17.4 Å². The van der Waals surface area contributed by atoms with Crippen LogP contribution < -0.4 is 10.2 Å². The number of nitrogens with one attached hydrogen (secondary N) is 1. The molecule has 0 aliphatic rings. The molecule has 8 nitrogen and oxygen atoms in total. The fraction of sp³-hybridized carbons (Fsp3) is 0.738. The van der Waals surface area contributed by atoms with Crippen LogP contribution in [0.1, 0.15) is 258 Å². The third-order valence-electron chi connectivity index (χ3n) is 13.3. The van der Waals surface area contributed by atoms with Crippen LogP contribution in [0.15, 0.2) is 97.2 Å². The maximum absolute atomic E-state index is 13.0. The third kappa shape index (κ3) is 57.1. The van der Waals surface area contributed by atoms with Gasteiger partial charge < -0.3 is 28.8 Å². The summed E-state index contributed by atoms with van der Waals surface area (Å²) in [7, 11) is 1.23. The Morgan fingerprint density at radius 1 is 0.486 bits per heavy atom. The number of allylic oxidation sites excluding steroid dienone is 15. The highest BCUT2D eigenvalue weighted by Gasteiger charge is 2.23. The lowest BCUT2D eigenvalue weighted by atomic mass is 10.0. The summed E-state index contributed by atoms with van der Waals surface area (Å²) >= 11 is 0. The number of carbonyl (C=O) groups excluding carboxylic acids is 1. The number of carbonyl (C=O) groups is 1. The van der Waals surface area contributed by atoms with E-state index in [-0.39, 0.29) is 12.5 Å². The molecule has 0 rings (SSSR count). The van der Waals surface area contributed by atoms with E-state index in [1.165, 1.54) is 161 Å². The van der Waals surface area contributed by atoms with E-state index < -0.39 is 26.6 Å². The SMILES string of the molecule is CC/C=C\C/C=C\C/C=C\C/C=C\C/C=C\CCCCCCCCCCCCCC(=O)NC(COP(=O)([O-])OCC[N+](C)(C)C)C(O)/C=C/CC/C=C/CC/C=C/CCCCCCCCCCCCCCCCC. The van der Waals surface area contributed by atoms with Gasteiger partial charge >= 0.3 is 0 Å². The highest BCUT2D eigenvalue weighted by molar-refractivity contribution is 7.45. The van der Waals surface area contributed by atoms with Crippen molar-refractivity contribution >= 4 is 13.7 Å². The minimum atomic E-state index is -4.62. The maximum Gasteiger partial charge on any atom is 0.268 e. The smallest absolute Gasteiger partial charge is 0.268 e. The number of quaternary nitrogens is 1. The monoisotopic (exact) mass is 1050 g/mol. The molecule has 428 valence electrons. The van der Waals surface area contributed by atoms with Gasteiger partial charge in [-0.15, -0.1) is 0 Å². The first kappa shape index (κ1) is 71.4. The van der Waals surface area contributed by atoms with E-state index >= 15 is 0 Å². The Morgan fingerprint density at radius 2 is 0.838 bits per heavy atom. The minimum absolute atomic E-state index is 0.0138. The molecule has 0 heterocycles. The van der Waals surface area contributed by atoms with Gasteiger partial charge in [0.1, 0.15) is 13.2 Å². The van der Waals surface area contributed by atoms with Crippen LogP contribution in [0, 0.1) is 0 Å². The summed E-state index contributed by atoms with van der Waals surface area (Å²) in [5.41, 5.74) is 0. The quantitative estimate of drug-likeness (QED) is 0.0272. The van der Waals surface area contributed by atoms with Gasteiger partial charge in [0.15, 0.2) is 0 Å². The van der Waals surface area contributed by atoms with Crippen molar-refractivity contribution < 1.29 is 32.9 Å². The van der Waals surface area contributed by atoms with Crippen LogP contribution in [-0.2, 0) is 18.4 Å². The van der Waals surface area contributed by atoms with Crippen LogP contribution in [0.5, 0.6) is 0 Å². The molecule has 0 saturated heterocycles. The first-order valence-corrected chi connectivity index (χ1v) is 32.1. The number of nitrogens with zero attached hydrogens (tertiary/aromatic N) is 1. The number of amides is 1. The fourth-order valence-corrected chi connectivity index (χ4v) is 9.23. The van der Waals surface area contributed by atoms with Gasteiger partial charge in [-0.1, -0.05) is 259 Å². The average molecular weight is 1050 g/mol. The zero-order valence-electron chi connectivity index (χ0n) is 48.8. The van der Waals surface area contributed by atoms with Gasteiger partial charge in [0.25, 0.3) is 7.82 Å². The summed E-state index contributed by atoms with van der Waals surface area (Å²) < 4.78 is 23.4. The molecular weight excluding hydrogens is 936 g/mol. The van der Waals surface area contributed by atoms with Gasteiger partial charge in [0.2, 0.25) is 5.91 Å². The van der Waals surface area contributed by atoms with Crippen molar-refractivity contribution in [2.75, 3.05) is 40.9 Å². The maximum atomic E-state index is 13.0. The molecule has 0 aromatic rings. The first-order valence-electron chi connectivity index (χ1n) is 30.6. The highest BCUT2D eigenvalue weighted by Crippen LogP contribution is 2.38. The number of hydrogen-bond donors (Lipinski definition) is 2. The molecule has 1 amide bonds. The molecule has 0 spiro atoms. The molecule has 3 atom stereocenters. The van der Waals surface area contributed by atoms with Gasteiger partial charge in [-0.3, -0.25) is 9.36 Å². The van der Waals surface area contributed by atoms with Crippen LogP contribution in [0.25, 0.3) is 0 Å². The lowest BCUT2D eigenvalue weighted by Crippen LogP contribution is -2.45. The molecule has 0 bridgehead atoms. The molecule has 0 aliphatic heterocycles. The molecule has 0 fully saturated rings. The second-order valence-electron chi connectivity index (χ2n) is 21.7. The van der Waals surface area contributed by atoms with Gasteiger partial charge in [0.05, 0.1) is 39.9 Å². The molecule has 0 aliphatic carbocycles. The van der Waals surface area contributed by atoms with Crippen LogP contribution in [0.2, 0.25) is 0 Å². The predicted octanol–water partition coefficient (Wildman–Crippen LogP) is 18.4. The Labute approximate surface area is 458 Å². The summed E-state index contributed by atoms with van der Waals surface area (Å²) in [6.07, 6.45) is 79.2. The highest BCUT2D eigenvalue weighted by atomic mass is 31.2.